The average molecular weight is 317 g/mol. The van der Waals surface area contributed by atoms with Crippen molar-refractivity contribution < 1.29 is 9.53 Å². The number of rotatable bonds is 10. The highest BCUT2D eigenvalue weighted by Crippen LogP contribution is 2.07. The Hall–Kier alpha value is -0.490. The molecule has 0 rings (SSSR count). The van der Waals surface area contributed by atoms with Crippen molar-refractivity contribution >= 4 is 21.9 Å². The van der Waals surface area contributed by atoms with Crippen LogP contribution in [0.15, 0.2) is 0 Å². The number of ether oxygens (including phenoxy) is 1. The van der Waals surface area contributed by atoms with Gasteiger partial charge in [-0.2, -0.15) is 0 Å². The Bertz CT molecular complexity index is 253. The van der Waals surface area contributed by atoms with E-state index in [1.807, 2.05) is 0 Å². The molecule has 0 spiro atoms. The van der Waals surface area contributed by atoms with Gasteiger partial charge in [0.25, 0.3) is 0 Å². The first-order valence-corrected chi connectivity index (χ1v) is 8.02. The molecular weight excluding hydrogens is 292 g/mol. The highest BCUT2D eigenvalue weighted by molar-refractivity contribution is 9.09. The lowest BCUT2D eigenvalue weighted by molar-refractivity contribution is -0.140. The molecule has 0 aliphatic rings. The molecule has 3 heteroatoms. The minimum Gasteiger partial charge on any atom is -0.469 e. The topological polar surface area (TPSA) is 26.3 Å². The molecule has 0 unspecified atom stereocenters. The minimum absolute atomic E-state index is 0.139. The summed E-state index contributed by atoms with van der Waals surface area (Å²) >= 11 is 3.44. The molecule has 0 amide bonds. The third-order valence-electron chi connectivity index (χ3n) is 2.72. The minimum atomic E-state index is -0.139. The van der Waals surface area contributed by atoms with Gasteiger partial charge in [0.15, 0.2) is 0 Å². The summed E-state index contributed by atoms with van der Waals surface area (Å²) in [6, 6.07) is 0. The zero-order valence-electron chi connectivity index (χ0n) is 11.5. The summed E-state index contributed by atoms with van der Waals surface area (Å²) in [4.78, 5) is 10.8. The van der Waals surface area contributed by atoms with E-state index in [9.17, 15) is 4.79 Å². The molecule has 0 bridgehead atoms. The Balaban J connectivity index is 3.16. The molecule has 104 valence electrons. The fourth-order valence-corrected chi connectivity index (χ4v) is 2.01. The maximum atomic E-state index is 10.8. The summed E-state index contributed by atoms with van der Waals surface area (Å²) in [5, 5.41) is 1.13. The number of hydrogen-bond acceptors (Lipinski definition) is 2. The Labute approximate surface area is 120 Å². The van der Waals surface area contributed by atoms with Crippen molar-refractivity contribution in [1.82, 2.24) is 0 Å². The van der Waals surface area contributed by atoms with Crippen molar-refractivity contribution in [3.05, 3.63) is 0 Å². The number of carbonyl (C=O) groups excluding carboxylic acids is 1. The molecule has 0 aromatic rings. The van der Waals surface area contributed by atoms with E-state index >= 15 is 0 Å². The van der Waals surface area contributed by atoms with Crippen LogP contribution in [0.3, 0.4) is 0 Å². The lowest BCUT2D eigenvalue weighted by Gasteiger charge is -1.97. The molecule has 0 saturated heterocycles. The van der Waals surface area contributed by atoms with E-state index in [2.05, 4.69) is 32.5 Å². The van der Waals surface area contributed by atoms with E-state index < -0.39 is 0 Å². The summed E-state index contributed by atoms with van der Waals surface area (Å²) in [5.41, 5.74) is 0. The van der Waals surface area contributed by atoms with E-state index in [-0.39, 0.29) is 5.97 Å². The number of esters is 1. The lowest BCUT2D eigenvalue weighted by atomic mass is 10.1. The monoisotopic (exact) mass is 316 g/mol. The zero-order chi connectivity index (χ0) is 13.5. The summed E-state index contributed by atoms with van der Waals surface area (Å²) in [6.45, 7) is 0. The number of halogens is 1. The van der Waals surface area contributed by atoms with Crippen LogP contribution in [0.25, 0.3) is 0 Å². The van der Waals surface area contributed by atoms with Crippen molar-refractivity contribution in [3.63, 3.8) is 0 Å². The van der Waals surface area contributed by atoms with Crippen LogP contribution in [0.4, 0.5) is 0 Å². The number of unbranched alkanes of at least 4 members (excludes halogenated alkanes) is 7. The maximum absolute atomic E-state index is 10.8. The van der Waals surface area contributed by atoms with Gasteiger partial charge in [-0.3, -0.25) is 4.79 Å². The molecule has 0 atom stereocenters. The highest BCUT2D eigenvalue weighted by atomic mass is 79.9. The van der Waals surface area contributed by atoms with E-state index in [1.54, 1.807) is 0 Å². The molecule has 0 aromatic heterocycles. The Morgan fingerprint density at radius 1 is 0.944 bits per heavy atom. The molecule has 0 aliphatic carbocycles. The van der Waals surface area contributed by atoms with Crippen molar-refractivity contribution in [1.29, 1.82) is 0 Å². The quantitative estimate of drug-likeness (QED) is 0.257. The van der Waals surface area contributed by atoms with Crippen LogP contribution < -0.4 is 0 Å². The van der Waals surface area contributed by atoms with Gasteiger partial charge in [-0.15, -0.1) is 11.8 Å². The molecule has 0 aromatic carbocycles. The zero-order valence-corrected chi connectivity index (χ0v) is 13.1. The Morgan fingerprint density at radius 3 is 2.11 bits per heavy atom. The second kappa shape index (κ2) is 14.6. The van der Waals surface area contributed by atoms with Crippen LogP contribution in [-0.4, -0.2) is 18.4 Å². The maximum Gasteiger partial charge on any atom is 0.305 e. The van der Waals surface area contributed by atoms with Gasteiger partial charge in [-0.1, -0.05) is 41.6 Å². The first kappa shape index (κ1) is 17.5. The van der Waals surface area contributed by atoms with Crippen molar-refractivity contribution in [2.24, 2.45) is 0 Å². The predicted octanol–water partition coefficient (Wildman–Crippen LogP) is 4.46. The molecular formula is C15H25BrO2. The Morgan fingerprint density at radius 2 is 1.50 bits per heavy atom. The van der Waals surface area contributed by atoms with Crippen molar-refractivity contribution in [2.75, 3.05) is 12.4 Å². The summed E-state index contributed by atoms with van der Waals surface area (Å²) < 4.78 is 4.56. The summed E-state index contributed by atoms with van der Waals surface area (Å²) in [7, 11) is 1.42. The van der Waals surface area contributed by atoms with Crippen LogP contribution in [0, 0.1) is 11.8 Å². The summed E-state index contributed by atoms with van der Waals surface area (Å²) in [6.07, 6.45) is 10.9. The predicted molar refractivity (Wildman–Crippen MR) is 79.8 cm³/mol. The molecule has 0 saturated carbocycles. The van der Waals surface area contributed by atoms with Gasteiger partial charge < -0.3 is 4.74 Å². The van der Waals surface area contributed by atoms with E-state index in [1.165, 1.54) is 45.6 Å². The second-order valence-corrected chi connectivity index (χ2v) is 5.14. The van der Waals surface area contributed by atoms with Gasteiger partial charge in [0.05, 0.1) is 7.11 Å². The van der Waals surface area contributed by atoms with E-state index in [4.69, 9.17) is 0 Å². The average Bonchev–Trinajstić information content (AvgIpc) is 2.39. The van der Waals surface area contributed by atoms with Crippen LogP contribution >= 0.6 is 15.9 Å². The van der Waals surface area contributed by atoms with Gasteiger partial charge in [0.2, 0.25) is 0 Å². The third-order valence-corrected chi connectivity index (χ3v) is 3.28. The standard InChI is InChI=1S/C15H25BrO2/c1-18-15(17)13-11-9-7-5-3-2-4-6-8-10-12-14-16/h2-4,6,8-14H2,1H3. The summed E-state index contributed by atoms with van der Waals surface area (Å²) in [5.74, 6) is 6.14. The van der Waals surface area contributed by atoms with Crippen LogP contribution in [-0.2, 0) is 9.53 Å². The normalized spacial score (nSPS) is 9.67. The molecule has 0 radical (unpaired) electrons. The van der Waals surface area contributed by atoms with Gasteiger partial charge in [-0.25, -0.2) is 0 Å². The molecule has 0 heterocycles. The van der Waals surface area contributed by atoms with E-state index in [0.717, 1.165) is 24.6 Å². The van der Waals surface area contributed by atoms with Crippen LogP contribution in [0.2, 0.25) is 0 Å². The number of methoxy groups -OCH3 is 1. The van der Waals surface area contributed by atoms with Crippen LogP contribution in [0.1, 0.15) is 64.2 Å². The Kier molecular flexibility index (Phi) is 14.2. The molecule has 0 aliphatic heterocycles. The number of carbonyl (C=O) groups is 1. The number of alkyl halides is 1. The lowest BCUT2D eigenvalue weighted by Crippen LogP contribution is -1.98. The SMILES string of the molecule is COC(=O)CCCC#CCCCCCCCCBr. The van der Waals surface area contributed by atoms with E-state index in [0.29, 0.717) is 6.42 Å². The fourth-order valence-electron chi connectivity index (χ4n) is 1.61. The van der Waals surface area contributed by atoms with Gasteiger partial charge >= 0.3 is 5.97 Å². The fraction of sp³-hybridized carbons (Fsp3) is 0.800. The molecule has 0 fully saturated rings. The smallest absolute Gasteiger partial charge is 0.305 e. The van der Waals surface area contributed by atoms with Gasteiger partial charge in [0.1, 0.15) is 0 Å². The van der Waals surface area contributed by atoms with Gasteiger partial charge in [-0.05, 0) is 19.3 Å². The van der Waals surface area contributed by atoms with Crippen molar-refractivity contribution in [3.8, 4) is 11.8 Å². The highest BCUT2D eigenvalue weighted by Gasteiger charge is 1.96. The largest absolute Gasteiger partial charge is 0.469 e. The first-order chi connectivity index (χ1) is 8.81. The van der Waals surface area contributed by atoms with Crippen LogP contribution in [0.5, 0.6) is 0 Å². The van der Waals surface area contributed by atoms with Gasteiger partial charge in [0, 0.05) is 24.6 Å². The molecule has 0 N–H and O–H groups in total. The third kappa shape index (κ3) is 13.6. The molecule has 2 nitrogen and oxygen atoms in total. The number of hydrogen-bond donors (Lipinski definition) is 0. The van der Waals surface area contributed by atoms with Crippen molar-refractivity contribution in [2.45, 2.75) is 64.2 Å². The first-order valence-electron chi connectivity index (χ1n) is 6.89. The second-order valence-electron chi connectivity index (χ2n) is 4.34. The molecule has 18 heavy (non-hydrogen) atoms.